The number of amides is 2. The first-order valence-electron chi connectivity index (χ1n) is 3.70. The van der Waals surface area contributed by atoms with Gasteiger partial charge in [-0.25, -0.2) is 7.05 Å². The van der Waals surface area contributed by atoms with E-state index in [-0.39, 0.29) is 23.0 Å². The normalized spacial score (nSPS) is 13.9. The summed E-state index contributed by atoms with van der Waals surface area (Å²) < 4.78 is 0. The van der Waals surface area contributed by atoms with Gasteiger partial charge in [-0.1, -0.05) is 0 Å². The average molecular weight is 239 g/mol. The molecule has 0 saturated carbocycles. The van der Waals surface area contributed by atoms with Crippen molar-refractivity contribution in [1.82, 2.24) is 4.90 Å². The Kier molecular flexibility index (Phi) is 2.64. The summed E-state index contributed by atoms with van der Waals surface area (Å²) in [7, 11) is 3.34. The summed E-state index contributed by atoms with van der Waals surface area (Å²) in [6, 6.07) is 4.61. The Labute approximate surface area is 91.5 Å². The molecule has 0 unspecified atom stereocenters. The smallest absolute Gasteiger partial charge is 0.430 e. The van der Waals surface area contributed by atoms with Crippen molar-refractivity contribution in [1.29, 1.82) is 0 Å². The number of fused-ring (bicyclic) bond motifs is 1. The van der Waals surface area contributed by atoms with Crippen molar-refractivity contribution >= 4 is 17.5 Å². The van der Waals surface area contributed by atoms with E-state index in [1.54, 1.807) is 6.07 Å². The fourth-order valence-electron chi connectivity index (χ4n) is 1.31. The van der Waals surface area contributed by atoms with Crippen LogP contribution in [0.25, 0.3) is 0 Å². The summed E-state index contributed by atoms with van der Waals surface area (Å²) in [5, 5.41) is 0. The molecular weight excluding hydrogens is 232 g/mol. The van der Waals surface area contributed by atoms with Gasteiger partial charge in [0, 0.05) is 5.69 Å². The van der Waals surface area contributed by atoms with Crippen LogP contribution in [0.4, 0.5) is 5.69 Å². The first-order valence-corrected chi connectivity index (χ1v) is 3.70. The maximum Gasteiger partial charge on any atom is 1.00 e. The van der Waals surface area contributed by atoms with Crippen LogP contribution in [0.5, 0.6) is 0 Å². The summed E-state index contributed by atoms with van der Waals surface area (Å²) in [6.07, 6.45) is 0. The Hall–Kier alpha value is -1.32. The number of nitrogens with two attached hydrogens (primary N) is 1. The Bertz CT molecular complexity index is 417. The van der Waals surface area contributed by atoms with Gasteiger partial charge >= 0.3 is 17.1 Å². The molecule has 76 valence electrons. The average Bonchev–Trinajstić information content (AvgIpc) is 2.32. The summed E-state index contributed by atoms with van der Waals surface area (Å²) >= 11 is 0. The number of rotatable bonds is 0. The van der Waals surface area contributed by atoms with Crippen LogP contribution in [0.2, 0.25) is 0 Å². The van der Waals surface area contributed by atoms with Crippen molar-refractivity contribution in [3.8, 4) is 0 Å². The third-order valence-electron chi connectivity index (χ3n) is 1.99. The molecule has 1 aromatic carbocycles. The van der Waals surface area contributed by atoms with Crippen molar-refractivity contribution in [3.63, 3.8) is 0 Å². The number of hydrogen-bond donors (Lipinski definition) is 1. The van der Waals surface area contributed by atoms with Gasteiger partial charge < -0.3 is 10.6 Å². The minimum absolute atomic E-state index is 0. The van der Waals surface area contributed by atoms with Crippen molar-refractivity contribution in [2.45, 2.75) is 0 Å². The van der Waals surface area contributed by atoms with Gasteiger partial charge in [0.25, 0.3) is 0 Å². The molecule has 1 aliphatic heterocycles. The monoisotopic (exact) mass is 238 g/mol. The van der Waals surface area contributed by atoms with Crippen LogP contribution in [0.1, 0.15) is 20.7 Å². The maximum atomic E-state index is 11.3. The van der Waals surface area contributed by atoms with E-state index in [0.717, 1.165) is 4.90 Å². The number of nitrogen functional groups attached to an aromatic ring is 1. The molecule has 2 amide bonds. The molecule has 14 heavy (non-hydrogen) atoms. The van der Waals surface area contributed by atoms with Gasteiger partial charge in [-0.3, -0.25) is 9.59 Å². The fraction of sp³-hybridized carbons (Fsp3) is 0. The number of nitrogens with zero attached hydrogens (tertiary/aromatic N) is 1. The van der Waals surface area contributed by atoms with E-state index < -0.39 is 5.91 Å². The van der Waals surface area contributed by atoms with Crippen molar-refractivity contribution in [3.05, 3.63) is 36.4 Å². The quantitative estimate of drug-likeness (QED) is 0.313. The second-order valence-corrected chi connectivity index (χ2v) is 2.84. The molecule has 0 spiro atoms. The molecule has 0 aromatic heterocycles. The van der Waals surface area contributed by atoms with E-state index in [2.05, 4.69) is 7.05 Å². The summed E-state index contributed by atoms with van der Waals surface area (Å²) in [4.78, 5) is 23.5. The molecule has 1 aromatic rings. The third kappa shape index (κ3) is 1.31. The Morgan fingerprint density at radius 1 is 1.14 bits per heavy atom. The van der Waals surface area contributed by atoms with Crippen molar-refractivity contribution in [2.24, 2.45) is 0 Å². The molecule has 2 rings (SSSR count). The van der Waals surface area contributed by atoms with E-state index in [9.17, 15) is 9.59 Å². The summed E-state index contributed by atoms with van der Waals surface area (Å²) in [5.74, 6) is -0.771. The molecule has 0 aliphatic carbocycles. The minimum Gasteiger partial charge on any atom is -0.430 e. The van der Waals surface area contributed by atoms with Gasteiger partial charge in [-0.2, -0.15) is 0 Å². The summed E-state index contributed by atoms with van der Waals surface area (Å²) in [5.41, 5.74) is 6.65. The van der Waals surface area contributed by atoms with Crippen LogP contribution in [0.15, 0.2) is 18.2 Å². The zero-order valence-corrected chi connectivity index (χ0v) is 8.02. The first kappa shape index (κ1) is 10.8. The molecule has 1 aliphatic rings. The maximum absolute atomic E-state index is 11.3. The topological polar surface area (TPSA) is 63.4 Å². The number of imide groups is 1. The van der Waals surface area contributed by atoms with E-state index in [1.165, 1.54) is 12.1 Å². The molecule has 4 nitrogen and oxygen atoms in total. The van der Waals surface area contributed by atoms with Crippen LogP contribution in [-0.4, -0.2) is 16.7 Å². The van der Waals surface area contributed by atoms with Crippen LogP contribution in [-0.2, 0) is 17.1 Å². The Balaban J connectivity index is 0.000000980. The van der Waals surface area contributed by atoms with Crippen LogP contribution >= 0.6 is 0 Å². The van der Waals surface area contributed by atoms with Gasteiger partial charge in [0.2, 0.25) is 11.8 Å². The van der Waals surface area contributed by atoms with Gasteiger partial charge in [-0.05, 0) is 18.2 Å². The van der Waals surface area contributed by atoms with Crippen molar-refractivity contribution in [2.75, 3.05) is 5.73 Å². The molecule has 5 heteroatoms. The summed E-state index contributed by atoms with van der Waals surface area (Å²) in [6.45, 7) is 0. The SMILES string of the molecule is [CH2-]N1C(=O)c2ccc(N)cc2C1=O.[Cu+]. The van der Waals surface area contributed by atoms with Gasteiger partial charge in [0.15, 0.2) is 0 Å². The minimum atomic E-state index is -0.396. The molecule has 0 radical (unpaired) electrons. The molecular formula is C9H7CuN2O2. The van der Waals surface area contributed by atoms with Gasteiger partial charge in [0.05, 0.1) is 11.1 Å². The number of anilines is 1. The predicted molar refractivity (Wildman–Crippen MR) is 46.7 cm³/mol. The number of benzene rings is 1. The largest absolute Gasteiger partial charge is 1.00 e. The second kappa shape index (κ2) is 3.44. The fourth-order valence-corrected chi connectivity index (χ4v) is 1.31. The zero-order chi connectivity index (χ0) is 9.59. The van der Waals surface area contributed by atoms with Crippen LogP contribution in [0, 0.1) is 7.05 Å². The van der Waals surface area contributed by atoms with E-state index in [4.69, 9.17) is 5.73 Å². The third-order valence-corrected chi connectivity index (χ3v) is 1.99. The second-order valence-electron chi connectivity index (χ2n) is 2.84. The Morgan fingerprint density at radius 2 is 1.71 bits per heavy atom. The number of hydrogen-bond acceptors (Lipinski definition) is 3. The number of carbonyl (C=O) groups excluding carboxylic acids is 2. The van der Waals surface area contributed by atoms with Crippen molar-refractivity contribution < 1.29 is 26.7 Å². The van der Waals surface area contributed by atoms with E-state index in [1.807, 2.05) is 0 Å². The van der Waals surface area contributed by atoms with Gasteiger partial charge in [-0.15, -0.1) is 0 Å². The predicted octanol–water partition coefficient (Wildman–Crippen LogP) is 0.654. The van der Waals surface area contributed by atoms with Crippen LogP contribution in [0.3, 0.4) is 0 Å². The Morgan fingerprint density at radius 3 is 2.36 bits per heavy atom. The van der Waals surface area contributed by atoms with E-state index >= 15 is 0 Å². The van der Waals surface area contributed by atoms with E-state index in [0.29, 0.717) is 16.8 Å². The zero-order valence-electron chi connectivity index (χ0n) is 7.08. The molecule has 0 saturated heterocycles. The molecule has 0 fully saturated rings. The number of carbonyl (C=O) groups is 2. The van der Waals surface area contributed by atoms with Gasteiger partial charge in [0.1, 0.15) is 0 Å². The standard InChI is InChI=1S/C9H7N2O2.Cu/c1-11-8(12)6-3-2-5(10)4-7(6)9(11)13;/h2-4H,1,10H2;/q-1;+1. The molecule has 2 N–H and O–H groups in total. The van der Waals surface area contributed by atoms with Crippen LogP contribution < -0.4 is 5.73 Å². The molecule has 1 heterocycles. The first-order chi connectivity index (χ1) is 6.11. The molecule has 0 atom stereocenters. The molecule has 0 bridgehead atoms.